The van der Waals surface area contributed by atoms with Gasteiger partial charge in [-0.1, -0.05) is 24.3 Å². The van der Waals surface area contributed by atoms with Crippen LogP contribution in [-0.2, 0) is 16.0 Å². The van der Waals surface area contributed by atoms with Crippen molar-refractivity contribution in [1.29, 1.82) is 0 Å². The summed E-state index contributed by atoms with van der Waals surface area (Å²) in [5.41, 5.74) is 3.70. The Morgan fingerprint density at radius 1 is 1.12 bits per heavy atom. The highest BCUT2D eigenvalue weighted by atomic mass is 16.5. The number of amides is 1. The summed E-state index contributed by atoms with van der Waals surface area (Å²) in [7, 11) is 1.37. The van der Waals surface area contributed by atoms with Crippen LogP contribution in [0.1, 0.15) is 27.9 Å². The number of ether oxygens (including phenoxy) is 2. The summed E-state index contributed by atoms with van der Waals surface area (Å²) in [6, 6.07) is 13.1. The molecule has 2 aromatic carbocycles. The lowest BCUT2D eigenvalue weighted by molar-refractivity contribution is -0.115. The van der Waals surface area contributed by atoms with E-state index in [0.29, 0.717) is 17.7 Å². The zero-order valence-corrected chi connectivity index (χ0v) is 14.5. The highest BCUT2D eigenvalue weighted by Crippen LogP contribution is 2.33. The molecule has 0 radical (unpaired) electrons. The Hall–Kier alpha value is -3.08. The van der Waals surface area contributed by atoms with Crippen molar-refractivity contribution in [3.05, 3.63) is 64.7 Å². The second-order valence-corrected chi connectivity index (χ2v) is 6.35. The molecule has 132 valence electrons. The molecule has 2 heterocycles. The Balaban J connectivity index is 1.70. The largest absolute Gasteiger partial charge is 0.488 e. The van der Waals surface area contributed by atoms with E-state index in [1.807, 2.05) is 36.4 Å². The third kappa shape index (κ3) is 2.75. The van der Waals surface area contributed by atoms with Gasteiger partial charge in [0.1, 0.15) is 12.4 Å². The van der Waals surface area contributed by atoms with Gasteiger partial charge in [0.2, 0.25) is 0 Å². The quantitative estimate of drug-likeness (QED) is 0.781. The number of hydrogen-bond acceptors (Lipinski definition) is 4. The van der Waals surface area contributed by atoms with E-state index in [2.05, 4.69) is 0 Å². The minimum absolute atomic E-state index is 0.0810. The molecule has 26 heavy (non-hydrogen) atoms. The number of hydrogen-bond donors (Lipinski definition) is 0. The van der Waals surface area contributed by atoms with E-state index >= 15 is 0 Å². The van der Waals surface area contributed by atoms with E-state index < -0.39 is 0 Å². The SMILES string of the molecule is COC(=O)c1cccc2c1CCCN2C(=O)C1=Cc2ccccc2OC1. The molecule has 0 unspecified atom stereocenters. The second kappa shape index (κ2) is 6.67. The summed E-state index contributed by atoms with van der Waals surface area (Å²) in [5.74, 6) is 0.337. The molecule has 4 rings (SSSR count). The summed E-state index contributed by atoms with van der Waals surface area (Å²) in [4.78, 5) is 26.9. The first-order chi connectivity index (χ1) is 12.7. The molecule has 0 aliphatic carbocycles. The molecule has 2 aromatic rings. The third-order valence-electron chi connectivity index (χ3n) is 4.81. The van der Waals surface area contributed by atoms with E-state index in [1.165, 1.54) is 7.11 Å². The van der Waals surface area contributed by atoms with Crippen LogP contribution in [0, 0.1) is 0 Å². The van der Waals surface area contributed by atoms with Gasteiger partial charge in [0.05, 0.1) is 18.2 Å². The molecule has 0 bridgehead atoms. The van der Waals surface area contributed by atoms with Gasteiger partial charge >= 0.3 is 5.97 Å². The number of benzene rings is 2. The Bertz CT molecular complexity index is 916. The molecule has 0 atom stereocenters. The molecule has 0 N–H and O–H groups in total. The minimum atomic E-state index is -0.370. The number of anilines is 1. The van der Waals surface area contributed by atoms with Crippen molar-refractivity contribution in [3.8, 4) is 5.75 Å². The molecule has 0 saturated heterocycles. The highest BCUT2D eigenvalue weighted by molar-refractivity contribution is 6.10. The average Bonchev–Trinajstić information content (AvgIpc) is 2.71. The lowest BCUT2D eigenvalue weighted by Crippen LogP contribution is -2.38. The maximum absolute atomic E-state index is 13.1. The first-order valence-corrected chi connectivity index (χ1v) is 8.63. The molecule has 2 aliphatic heterocycles. The molecule has 0 fully saturated rings. The Labute approximate surface area is 151 Å². The maximum Gasteiger partial charge on any atom is 0.338 e. The van der Waals surface area contributed by atoms with Crippen LogP contribution in [0.15, 0.2) is 48.0 Å². The van der Waals surface area contributed by atoms with E-state index in [0.717, 1.165) is 35.4 Å². The van der Waals surface area contributed by atoms with Crippen LogP contribution in [-0.4, -0.2) is 32.1 Å². The number of esters is 1. The van der Waals surface area contributed by atoms with Crippen LogP contribution in [0.3, 0.4) is 0 Å². The monoisotopic (exact) mass is 349 g/mol. The molecular formula is C21H19NO4. The first-order valence-electron chi connectivity index (χ1n) is 8.63. The van der Waals surface area contributed by atoms with Gasteiger partial charge in [-0.05, 0) is 42.7 Å². The van der Waals surface area contributed by atoms with E-state index in [9.17, 15) is 9.59 Å². The van der Waals surface area contributed by atoms with Crippen molar-refractivity contribution >= 4 is 23.6 Å². The van der Waals surface area contributed by atoms with Crippen LogP contribution in [0.25, 0.3) is 6.08 Å². The van der Waals surface area contributed by atoms with Gasteiger partial charge in [-0.3, -0.25) is 4.79 Å². The maximum atomic E-state index is 13.1. The van der Waals surface area contributed by atoms with Crippen LogP contribution in [0.4, 0.5) is 5.69 Å². The molecule has 2 aliphatic rings. The van der Waals surface area contributed by atoms with E-state index in [-0.39, 0.29) is 18.5 Å². The minimum Gasteiger partial charge on any atom is -0.488 e. The smallest absolute Gasteiger partial charge is 0.338 e. The standard InChI is InChI=1S/C21H19NO4/c1-25-21(24)17-7-4-9-18-16(17)8-5-11-22(18)20(23)15-12-14-6-2-3-10-19(14)26-13-15/h2-4,6-7,9-10,12H,5,8,11,13H2,1H3. The lowest BCUT2D eigenvalue weighted by atomic mass is 9.95. The number of rotatable bonds is 2. The summed E-state index contributed by atoms with van der Waals surface area (Å²) in [5, 5.41) is 0. The number of carbonyl (C=O) groups is 2. The zero-order valence-electron chi connectivity index (χ0n) is 14.5. The lowest BCUT2D eigenvalue weighted by Gasteiger charge is -2.32. The Kier molecular flexibility index (Phi) is 4.21. The van der Waals surface area contributed by atoms with Gasteiger partial charge in [-0.2, -0.15) is 0 Å². The number of para-hydroxylation sites is 1. The van der Waals surface area contributed by atoms with Crippen molar-refractivity contribution in [2.75, 3.05) is 25.2 Å². The fourth-order valence-corrected chi connectivity index (χ4v) is 3.55. The van der Waals surface area contributed by atoms with Crippen molar-refractivity contribution in [2.45, 2.75) is 12.8 Å². The van der Waals surface area contributed by atoms with Crippen LogP contribution in [0.5, 0.6) is 5.75 Å². The highest BCUT2D eigenvalue weighted by Gasteiger charge is 2.29. The van der Waals surface area contributed by atoms with Gasteiger partial charge in [-0.15, -0.1) is 0 Å². The van der Waals surface area contributed by atoms with Crippen LogP contribution < -0.4 is 9.64 Å². The fourth-order valence-electron chi connectivity index (χ4n) is 3.55. The van der Waals surface area contributed by atoms with Crippen LogP contribution >= 0.6 is 0 Å². The van der Waals surface area contributed by atoms with Gasteiger partial charge in [0.25, 0.3) is 5.91 Å². The topological polar surface area (TPSA) is 55.8 Å². The molecule has 5 heteroatoms. The first kappa shape index (κ1) is 16.4. The van der Waals surface area contributed by atoms with Crippen molar-refractivity contribution in [1.82, 2.24) is 0 Å². The number of nitrogens with zero attached hydrogens (tertiary/aromatic N) is 1. The zero-order chi connectivity index (χ0) is 18.1. The fraction of sp³-hybridized carbons (Fsp3) is 0.238. The van der Waals surface area contributed by atoms with Crippen molar-refractivity contribution in [3.63, 3.8) is 0 Å². The number of methoxy groups -OCH3 is 1. The average molecular weight is 349 g/mol. The number of carbonyl (C=O) groups excluding carboxylic acids is 2. The van der Waals surface area contributed by atoms with Gasteiger partial charge in [0, 0.05) is 17.8 Å². The molecular weight excluding hydrogens is 330 g/mol. The molecule has 5 nitrogen and oxygen atoms in total. The van der Waals surface area contributed by atoms with Crippen molar-refractivity contribution < 1.29 is 19.1 Å². The predicted octanol–water partition coefficient (Wildman–Crippen LogP) is 3.23. The normalized spacial score (nSPS) is 15.3. The van der Waals surface area contributed by atoms with Crippen molar-refractivity contribution in [2.24, 2.45) is 0 Å². The summed E-state index contributed by atoms with van der Waals surface area (Å²) < 4.78 is 10.6. The molecule has 0 aromatic heterocycles. The van der Waals surface area contributed by atoms with Gasteiger partial charge < -0.3 is 14.4 Å². The molecule has 1 amide bonds. The predicted molar refractivity (Wildman–Crippen MR) is 98.4 cm³/mol. The summed E-state index contributed by atoms with van der Waals surface area (Å²) >= 11 is 0. The van der Waals surface area contributed by atoms with E-state index in [1.54, 1.807) is 17.0 Å². The van der Waals surface area contributed by atoms with Gasteiger partial charge in [-0.25, -0.2) is 4.79 Å². The van der Waals surface area contributed by atoms with E-state index in [4.69, 9.17) is 9.47 Å². The third-order valence-corrected chi connectivity index (χ3v) is 4.81. The Morgan fingerprint density at radius 2 is 1.96 bits per heavy atom. The summed E-state index contributed by atoms with van der Waals surface area (Å²) in [6.07, 6.45) is 3.44. The molecule has 0 saturated carbocycles. The summed E-state index contributed by atoms with van der Waals surface area (Å²) in [6.45, 7) is 0.869. The number of fused-ring (bicyclic) bond motifs is 2. The van der Waals surface area contributed by atoms with Crippen LogP contribution in [0.2, 0.25) is 0 Å². The van der Waals surface area contributed by atoms with Gasteiger partial charge in [0.15, 0.2) is 0 Å². The Morgan fingerprint density at radius 3 is 2.81 bits per heavy atom. The molecule has 0 spiro atoms. The second-order valence-electron chi connectivity index (χ2n) is 6.35.